The average Bonchev–Trinajstić information content (AvgIpc) is 2.22. The molecule has 0 aliphatic carbocycles. The van der Waals surface area contributed by atoms with Crippen LogP contribution in [0.4, 0.5) is 8.78 Å². The largest absolute Gasteiger partial charge is 0.481 e. The molecule has 1 atom stereocenters. The summed E-state index contributed by atoms with van der Waals surface area (Å²) < 4.78 is 26.2. The molecular weight excluding hydrogens is 226 g/mol. The van der Waals surface area contributed by atoms with Crippen molar-refractivity contribution in [1.82, 2.24) is 0 Å². The number of rotatable bonds is 5. The molecule has 2 nitrogen and oxygen atoms in total. The van der Waals surface area contributed by atoms with Crippen molar-refractivity contribution in [2.75, 3.05) is 0 Å². The molecule has 0 aromatic heterocycles. The van der Waals surface area contributed by atoms with Gasteiger partial charge < -0.3 is 5.11 Å². The van der Waals surface area contributed by atoms with Gasteiger partial charge in [-0.2, -0.15) is 0 Å². The van der Waals surface area contributed by atoms with Gasteiger partial charge in [0.2, 0.25) is 0 Å². The summed E-state index contributed by atoms with van der Waals surface area (Å²) in [6, 6.07) is 3.23. The molecule has 0 saturated heterocycles. The van der Waals surface area contributed by atoms with Gasteiger partial charge >= 0.3 is 5.97 Å². The van der Waals surface area contributed by atoms with E-state index in [1.807, 2.05) is 6.92 Å². The average molecular weight is 242 g/mol. The fraction of sp³-hybridized carbons (Fsp3) is 0.462. The van der Waals surface area contributed by atoms with Crippen LogP contribution >= 0.6 is 0 Å². The molecule has 94 valence electrons. The van der Waals surface area contributed by atoms with Crippen LogP contribution in [0.15, 0.2) is 18.2 Å². The Morgan fingerprint density at radius 3 is 2.53 bits per heavy atom. The standard InChI is InChI=1S/C13H16F2O2/c1-3-6-13(2,12(16)17)8-9-4-5-10(14)7-11(9)15/h4-5,7H,3,6,8H2,1-2H3,(H,16,17). The maximum absolute atomic E-state index is 13.5. The lowest BCUT2D eigenvalue weighted by molar-refractivity contribution is -0.148. The topological polar surface area (TPSA) is 37.3 Å². The molecule has 0 aliphatic rings. The van der Waals surface area contributed by atoms with E-state index in [-0.39, 0.29) is 12.0 Å². The number of hydrogen-bond acceptors (Lipinski definition) is 1. The molecule has 17 heavy (non-hydrogen) atoms. The summed E-state index contributed by atoms with van der Waals surface area (Å²) in [4.78, 5) is 11.2. The number of aliphatic carboxylic acids is 1. The molecule has 0 spiro atoms. The highest BCUT2D eigenvalue weighted by Crippen LogP contribution is 2.29. The van der Waals surface area contributed by atoms with Crippen LogP contribution in [0, 0.1) is 17.0 Å². The van der Waals surface area contributed by atoms with Crippen molar-refractivity contribution in [2.45, 2.75) is 33.1 Å². The molecule has 0 saturated carbocycles. The van der Waals surface area contributed by atoms with Crippen molar-refractivity contribution in [3.63, 3.8) is 0 Å². The molecule has 0 fully saturated rings. The van der Waals surface area contributed by atoms with Gasteiger partial charge in [0.1, 0.15) is 11.6 Å². The molecule has 0 heterocycles. The second kappa shape index (κ2) is 5.25. The second-order valence-corrected chi connectivity index (χ2v) is 4.53. The van der Waals surface area contributed by atoms with Gasteiger partial charge in [-0.15, -0.1) is 0 Å². The van der Waals surface area contributed by atoms with Gasteiger partial charge in [-0.1, -0.05) is 19.4 Å². The third-order valence-electron chi connectivity index (χ3n) is 2.91. The first-order valence-electron chi connectivity index (χ1n) is 5.56. The van der Waals surface area contributed by atoms with E-state index < -0.39 is 23.0 Å². The van der Waals surface area contributed by atoms with Crippen LogP contribution in [0.5, 0.6) is 0 Å². The van der Waals surface area contributed by atoms with E-state index >= 15 is 0 Å². The smallest absolute Gasteiger partial charge is 0.309 e. The minimum absolute atomic E-state index is 0.0717. The molecule has 1 aromatic carbocycles. The summed E-state index contributed by atoms with van der Waals surface area (Å²) in [6.07, 6.45) is 1.23. The van der Waals surface area contributed by atoms with E-state index in [9.17, 15) is 18.7 Å². The van der Waals surface area contributed by atoms with Crippen LogP contribution in [0.25, 0.3) is 0 Å². The molecule has 1 rings (SSSR count). The van der Waals surface area contributed by atoms with Gasteiger partial charge in [0.25, 0.3) is 0 Å². The Kier molecular flexibility index (Phi) is 4.21. The zero-order chi connectivity index (χ0) is 13.1. The fourth-order valence-corrected chi connectivity index (χ4v) is 1.91. The Balaban J connectivity index is 2.98. The summed E-state index contributed by atoms with van der Waals surface area (Å²) in [5.74, 6) is -2.30. The summed E-state index contributed by atoms with van der Waals surface area (Å²) >= 11 is 0. The third kappa shape index (κ3) is 3.25. The maximum atomic E-state index is 13.5. The van der Waals surface area contributed by atoms with E-state index in [0.29, 0.717) is 12.8 Å². The van der Waals surface area contributed by atoms with Crippen molar-refractivity contribution >= 4 is 5.97 Å². The van der Waals surface area contributed by atoms with E-state index in [1.165, 1.54) is 6.07 Å². The SMILES string of the molecule is CCCC(C)(Cc1ccc(F)cc1F)C(=O)O. The summed E-state index contributed by atoms with van der Waals surface area (Å²) in [6.45, 7) is 3.46. The number of carboxylic acids is 1. The van der Waals surface area contributed by atoms with Crippen LogP contribution in [-0.2, 0) is 11.2 Å². The highest BCUT2D eigenvalue weighted by molar-refractivity contribution is 5.74. The van der Waals surface area contributed by atoms with Crippen molar-refractivity contribution in [3.8, 4) is 0 Å². The molecule has 0 radical (unpaired) electrons. The van der Waals surface area contributed by atoms with E-state index in [2.05, 4.69) is 0 Å². The first kappa shape index (κ1) is 13.6. The molecule has 1 aromatic rings. The fourth-order valence-electron chi connectivity index (χ4n) is 1.91. The third-order valence-corrected chi connectivity index (χ3v) is 2.91. The highest BCUT2D eigenvalue weighted by Gasteiger charge is 2.33. The molecule has 0 aliphatic heterocycles. The summed E-state index contributed by atoms with van der Waals surface area (Å²) in [7, 11) is 0. The minimum atomic E-state index is -1.01. The molecule has 1 N–H and O–H groups in total. The molecule has 0 amide bonds. The number of halogens is 2. The van der Waals surface area contributed by atoms with Crippen LogP contribution < -0.4 is 0 Å². The number of carbonyl (C=O) groups is 1. The van der Waals surface area contributed by atoms with Crippen LogP contribution in [0.1, 0.15) is 32.3 Å². The van der Waals surface area contributed by atoms with Crippen LogP contribution in [-0.4, -0.2) is 11.1 Å². The van der Waals surface area contributed by atoms with Gasteiger partial charge in [0.15, 0.2) is 0 Å². The lowest BCUT2D eigenvalue weighted by Crippen LogP contribution is -2.30. The van der Waals surface area contributed by atoms with E-state index in [1.54, 1.807) is 6.92 Å². The molecule has 4 heteroatoms. The lowest BCUT2D eigenvalue weighted by Gasteiger charge is -2.24. The van der Waals surface area contributed by atoms with Gasteiger partial charge in [0.05, 0.1) is 5.41 Å². The normalized spacial score (nSPS) is 14.4. The quantitative estimate of drug-likeness (QED) is 0.859. The van der Waals surface area contributed by atoms with E-state index in [4.69, 9.17) is 0 Å². The monoisotopic (exact) mass is 242 g/mol. The summed E-state index contributed by atoms with van der Waals surface area (Å²) in [5, 5.41) is 9.17. The lowest BCUT2D eigenvalue weighted by atomic mass is 9.80. The van der Waals surface area contributed by atoms with Gasteiger partial charge in [-0.05, 0) is 31.4 Å². The predicted octanol–water partition coefficient (Wildman–Crippen LogP) is 3.40. The van der Waals surface area contributed by atoms with E-state index in [0.717, 1.165) is 12.1 Å². The number of benzene rings is 1. The van der Waals surface area contributed by atoms with Crippen molar-refractivity contribution in [1.29, 1.82) is 0 Å². The van der Waals surface area contributed by atoms with Crippen LogP contribution in [0.3, 0.4) is 0 Å². The van der Waals surface area contributed by atoms with Gasteiger partial charge in [0, 0.05) is 6.07 Å². The van der Waals surface area contributed by atoms with Crippen molar-refractivity contribution < 1.29 is 18.7 Å². The number of carboxylic acid groups (broad SMARTS) is 1. The summed E-state index contributed by atoms with van der Waals surface area (Å²) in [5.41, 5.74) is -0.766. The molecule has 0 bridgehead atoms. The Bertz CT molecular complexity index is 418. The van der Waals surface area contributed by atoms with Crippen molar-refractivity contribution in [3.05, 3.63) is 35.4 Å². The van der Waals surface area contributed by atoms with Crippen molar-refractivity contribution in [2.24, 2.45) is 5.41 Å². The second-order valence-electron chi connectivity index (χ2n) is 4.53. The minimum Gasteiger partial charge on any atom is -0.481 e. The highest BCUT2D eigenvalue weighted by atomic mass is 19.1. The van der Waals surface area contributed by atoms with Crippen LogP contribution in [0.2, 0.25) is 0 Å². The zero-order valence-electron chi connectivity index (χ0n) is 9.96. The maximum Gasteiger partial charge on any atom is 0.309 e. The molecular formula is C13H16F2O2. The Labute approximate surface area is 99.3 Å². The Morgan fingerprint density at radius 2 is 2.06 bits per heavy atom. The first-order chi connectivity index (χ1) is 7.89. The zero-order valence-corrected chi connectivity index (χ0v) is 9.96. The first-order valence-corrected chi connectivity index (χ1v) is 5.56. The predicted molar refractivity (Wildman–Crippen MR) is 60.7 cm³/mol. The number of hydrogen-bond donors (Lipinski definition) is 1. The van der Waals surface area contributed by atoms with Gasteiger partial charge in [-0.3, -0.25) is 4.79 Å². The van der Waals surface area contributed by atoms with Gasteiger partial charge in [-0.25, -0.2) is 8.78 Å². The Morgan fingerprint density at radius 1 is 1.41 bits per heavy atom. The Hall–Kier alpha value is -1.45. The molecule has 1 unspecified atom stereocenters.